The molecule has 0 aliphatic carbocycles. The molecular formula is C12H16O6S. The lowest BCUT2D eigenvalue weighted by Crippen LogP contribution is -2.37. The monoisotopic (exact) mass is 288 g/mol. The lowest BCUT2D eigenvalue weighted by molar-refractivity contribution is -0.151. The highest BCUT2D eigenvalue weighted by Crippen LogP contribution is 2.25. The number of benzene rings is 1. The number of carbonyl (C=O) groups is 1. The molecule has 0 amide bonds. The maximum Gasteiger partial charge on any atom is 0.336 e. The summed E-state index contributed by atoms with van der Waals surface area (Å²) in [6, 6.07) is 4.32. The van der Waals surface area contributed by atoms with Crippen LogP contribution in [-0.2, 0) is 19.1 Å². The SMILES string of the molecule is COc1ccc(S(=O)(=O)OC(C)(C)C(=O)O)c(C)c1. The number of hydrogen-bond donors (Lipinski definition) is 1. The molecule has 0 radical (unpaired) electrons. The molecule has 106 valence electrons. The highest BCUT2D eigenvalue weighted by molar-refractivity contribution is 7.86. The molecule has 0 aromatic heterocycles. The first-order valence-electron chi connectivity index (χ1n) is 5.44. The standard InChI is InChI=1S/C12H16O6S/c1-8-7-9(17-4)5-6-10(8)19(15,16)18-12(2,3)11(13)14/h5-7H,1-4H3,(H,13,14). The number of ether oxygens (including phenoxy) is 1. The molecule has 0 saturated carbocycles. The summed E-state index contributed by atoms with van der Waals surface area (Å²) in [6.07, 6.45) is 0. The molecule has 0 aliphatic heterocycles. The molecule has 0 bridgehead atoms. The predicted octanol–water partition coefficient (Wildman–Crippen LogP) is 1.57. The van der Waals surface area contributed by atoms with Gasteiger partial charge in [0.1, 0.15) is 5.75 Å². The van der Waals surface area contributed by atoms with E-state index in [2.05, 4.69) is 0 Å². The van der Waals surface area contributed by atoms with E-state index in [1.165, 1.54) is 39.2 Å². The van der Waals surface area contributed by atoms with E-state index in [0.717, 1.165) is 0 Å². The third-order valence-electron chi connectivity index (χ3n) is 2.48. The van der Waals surface area contributed by atoms with Gasteiger partial charge in [-0.25, -0.2) is 8.98 Å². The third-order valence-corrected chi connectivity index (χ3v) is 4.12. The van der Waals surface area contributed by atoms with E-state index in [4.69, 9.17) is 14.0 Å². The summed E-state index contributed by atoms with van der Waals surface area (Å²) in [5, 5.41) is 8.89. The van der Waals surface area contributed by atoms with Gasteiger partial charge in [0.2, 0.25) is 0 Å². The number of methoxy groups -OCH3 is 1. The van der Waals surface area contributed by atoms with E-state index in [1.54, 1.807) is 6.92 Å². The van der Waals surface area contributed by atoms with E-state index >= 15 is 0 Å². The Labute approximate surface area is 112 Å². The second-order valence-corrected chi connectivity index (χ2v) is 6.00. The fourth-order valence-electron chi connectivity index (χ4n) is 1.38. The van der Waals surface area contributed by atoms with Gasteiger partial charge in [-0.15, -0.1) is 0 Å². The van der Waals surface area contributed by atoms with Crippen LogP contribution in [0.4, 0.5) is 0 Å². The highest BCUT2D eigenvalue weighted by atomic mass is 32.2. The summed E-state index contributed by atoms with van der Waals surface area (Å²) in [7, 11) is -2.69. The maximum absolute atomic E-state index is 12.0. The van der Waals surface area contributed by atoms with Crippen molar-refractivity contribution in [3.63, 3.8) is 0 Å². The molecule has 0 unspecified atom stereocenters. The van der Waals surface area contributed by atoms with Gasteiger partial charge in [0, 0.05) is 0 Å². The van der Waals surface area contributed by atoms with Gasteiger partial charge < -0.3 is 9.84 Å². The molecule has 6 nitrogen and oxygen atoms in total. The van der Waals surface area contributed by atoms with Crippen molar-refractivity contribution >= 4 is 16.1 Å². The van der Waals surface area contributed by atoms with Crippen molar-refractivity contribution < 1.29 is 27.2 Å². The van der Waals surface area contributed by atoms with Crippen molar-refractivity contribution in [3.8, 4) is 5.75 Å². The third kappa shape index (κ3) is 3.45. The second kappa shape index (κ2) is 5.18. The van der Waals surface area contributed by atoms with Gasteiger partial charge in [-0.3, -0.25) is 0 Å². The zero-order valence-corrected chi connectivity index (χ0v) is 11.9. The van der Waals surface area contributed by atoms with Crippen LogP contribution in [0.1, 0.15) is 19.4 Å². The fourth-order valence-corrected chi connectivity index (χ4v) is 2.78. The van der Waals surface area contributed by atoms with Gasteiger partial charge in [0.25, 0.3) is 10.1 Å². The van der Waals surface area contributed by atoms with Crippen molar-refractivity contribution in [2.45, 2.75) is 31.3 Å². The van der Waals surface area contributed by atoms with Crippen LogP contribution in [0.25, 0.3) is 0 Å². The highest BCUT2D eigenvalue weighted by Gasteiger charge is 2.35. The number of hydrogen-bond acceptors (Lipinski definition) is 5. The molecule has 0 atom stereocenters. The van der Waals surface area contributed by atoms with Crippen LogP contribution in [-0.4, -0.2) is 32.2 Å². The van der Waals surface area contributed by atoms with E-state index in [1.807, 2.05) is 0 Å². The Hall–Kier alpha value is -1.60. The first-order valence-corrected chi connectivity index (χ1v) is 6.84. The summed E-state index contributed by atoms with van der Waals surface area (Å²) >= 11 is 0. The minimum atomic E-state index is -4.16. The smallest absolute Gasteiger partial charge is 0.336 e. The molecule has 0 aliphatic rings. The summed E-state index contributed by atoms with van der Waals surface area (Å²) in [5.41, 5.74) is -1.41. The minimum Gasteiger partial charge on any atom is -0.497 e. The summed E-state index contributed by atoms with van der Waals surface area (Å²) < 4.78 is 33.8. The van der Waals surface area contributed by atoms with Crippen LogP contribution in [0.2, 0.25) is 0 Å². The number of aliphatic carboxylic acids is 1. The average Bonchev–Trinajstić information content (AvgIpc) is 2.26. The van der Waals surface area contributed by atoms with Crippen LogP contribution in [0.3, 0.4) is 0 Å². The summed E-state index contributed by atoms with van der Waals surface area (Å²) in [4.78, 5) is 10.8. The van der Waals surface area contributed by atoms with Gasteiger partial charge in [-0.2, -0.15) is 8.42 Å². The Morgan fingerprint density at radius 2 is 1.89 bits per heavy atom. The maximum atomic E-state index is 12.0. The molecule has 0 fully saturated rings. The normalized spacial score (nSPS) is 12.2. The molecule has 0 saturated heterocycles. The van der Waals surface area contributed by atoms with Crippen molar-refractivity contribution in [2.75, 3.05) is 7.11 Å². The molecule has 1 aromatic rings. The van der Waals surface area contributed by atoms with Gasteiger partial charge in [-0.05, 0) is 44.5 Å². The lowest BCUT2D eigenvalue weighted by Gasteiger charge is -2.20. The number of aryl methyl sites for hydroxylation is 1. The number of carboxylic acid groups (broad SMARTS) is 1. The van der Waals surface area contributed by atoms with Gasteiger partial charge in [0.05, 0.1) is 12.0 Å². The van der Waals surface area contributed by atoms with Crippen molar-refractivity contribution in [1.29, 1.82) is 0 Å². The van der Waals surface area contributed by atoms with Crippen LogP contribution < -0.4 is 4.74 Å². The van der Waals surface area contributed by atoms with Crippen molar-refractivity contribution in [3.05, 3.63) is 23.8 Å². The first-order chi connectivity index (χ1) is 8.60. The van der Waals surface area contributed by atoms with Gasteiger partial charge in [-0.1, -0.05) is 0 Å². The fraction of sp³-hybridized carbons (Fsp3) is 0.417. The predicted molar refractivity (Wildman–Crippen MR) is 67.7 cm³/mol. The van der Waals surface area contributed by atoms with Crippen LogP contribution in [0.15, 0.2) is 23.1 Å². The van der Waals surface area contributed by atoms with Gasteiger partial charge in [0.15, 0.2) is 5.60 Å². The molecule has 1 rings (SSSR count). The Balaban J connectivity index is 3.18. The second-order valence-electron chi connectivity index (χ2n) is 4.48. The van der Waals surface area contributed by atoms with Crippen LogP contribution >= 0.6 is 0 Å². The van der Waals surface area contributed by atoms with Crippen molar-refractivity contribution in [2.24, 2.45) is 0 Å². The molecule has 19 heavy (non-hydrogen) atoms. The molecule has 7 heteroatoms. The lowest BCUT2D eigenvalue weighted by atomic mass is 10.1. The summed E-state index contributed by atoms with van der Waals surface area (Å²) in [6.45, 7) is 3.92. The van der Waals surface area contributed by atoms with Crippen molar-refractivity contribution in [1.82, 2.24) is 0 Å². The van der Waals surface area contributed by atoms with Gasteiger partial charge >= 0.3 is 5.97 Å². The summed E-state index contributed by atoms with van der Waals surface area (Å²) in [5.74, 6) is -0.851. The topological polar surface area (TPSA) is 89.9 Å². The molecule has 1 aromatic carbocycles. The Bertz CT molecular complexity index is 588. The number of rotatable bonds is 5. The van der Waals surface area contributed by atoms with E-state index in [0.29, 0.717) is 11.3 Å². The minimum absolute atomic E-state index is 0.0809. The molecule has 0 heterocycles. The van der Waals surface area contributed by atoms with E-state index < -0.39 is 21.7 Å². The molecular weight excluding hydrogens is 272 g/mol. The molecule has 1 N–H and O–H groups in total. The Morgan fingerprint density at radius 3 is 2.32 bits per heavy atom. The molecule has 0 spiro atoms. The Kier molecular flexibility index (Phi) is 4.21. The Morgan fingerprint density at radius 1 is 1.32 bits per heavy atom. The zero-order valence-electron chi connectivity index (χ0n) is 11.1. The van der Waals surface area contributed by atoms with Crippen LogP contribution in [0.5, 0.6) is 5.75 Å². The number of carboxylic acids is 1. The average molecular weight is 288 g/mol. The first kappa shape index (κ1) is 15.5. The zero-order chi connectivity index (χ0) is 14.8. The van der Waals surface area contributed by atoms with E-state index in [-0.39, 0.29) is 4.90 Å². The van der Waals surface area contributed by atoms with E-state index in [9.17, 15) is 13.2 Å². The quantitative estimate of drug-likeness (QED) is 0.827. The van der Waals surface area contributed by atoms with Crippen LogP contribution in [0, 0.1) is 6.92 Å². The largest absolute Gasteiger partial charge is 0.497 e.